The van der Waals surface area contributed by atoms with Gasteiger partial charge >= 0.3 is 5.97 Å². The topological polar surface area (TPSA) is 206 Å². The van der Waals surface area contributed by atoms with Gasteiger partial charge in [0.25, 0.3) is 5.91 Å². The summed E-state index contributed by atoms with van der Waals surface area (Å²) < 4.78 is 33.0. The van der Waals surface area contributed by atoms with Crippen molar-refractivity contribution in [1.29, 1.82) is 0 Å². The van der Waals surface area contributed by atoms with Gasteiger partial charge in [0.2, 0.25) is 5.91 Å². The van der Waals surface area contributed by atoms with Crippen LogP contribution in [0, 0.1) is 22.7 Å². The summed E-state index contributed by atoms with van der Waals surface area (Å²) in [6.07, 6.45) is 6.20. The van der Waals surface area contributed by atoms with E-state index in [9.17, 15) is 19.8 Å². The van der Waals surface area contributed by atoms with E-state index in [1.54, 1.807) is 14.0 Å². The Kier molecular flexibility index (Phi) is 14.8. The number of thiazole rings is 1. The number of hydrogen-bond acceptors (Lipinski definition) is 17. The molecule has 7 aliphatic heterocycles. The minimum atomic E-state index is -1.58. The molecule has 3 aromatic heterocycles. The molecule has 2 saturated carbocycles. The van der Waals surface area contributed by atoms with Gasteiger partial charge in [-0.2, -0.15) is 0 Å². The number of methoxy groups -OCH3 is 1. The van der Waals surface area contributed by atoms with Gasteiger partial charge in [0, 0.05) is 129 Å². The number of nitrogens with zero attached hydrogens (tertiary/aromatic N) is 7. The summed E-state index contributed by atoms with van der Waals surface area (Å²) in [5.41, 5.74) is 10.3. The van der Waals surface area contributed by atoms with Gasteiger partial charge in [-0.1, -0.05) is 26.8 Å². The van der Waals surface area contributed by atoms with Gasteiger partial charge in [-0.3, -0.25) is 34.2 Å². The molecule has 0 unspecified atom stereocenters. The van der Waals surface area contributed by atoms with Crippen LogP contribution in [0.3, 0.4) is 0 Å². The Morgan fingerprint density at radius 3 is 2.45 bits per heavy atom. The number of benzene rings is 1. The Labute approximate surface area is 454 Å². The molecule has 8 fully saturated rings. The summed E-state index contributed by atoms with van der Waals surface area (Å²) in [5.74, 6) is -2.46. The van der Waals surface area contributed by atoms with Gasteiger partial charge in [0.1, 0.15) is 23.2 Å². The number of nitrogens with one attached hydrogen (secondary N) is 2. The van der Waals surface area contributed by atoms with Crippen molar-refractivity contribution >= 4 is 45.7 Å². The molecule has 4 aromatic rings. The standard InChI is InChI=1S/C57H77N9O10S/c1-33(26-67)51(68)52(69)60-48-50(64-28-57(29-64)31-74-32-57)53-59-44(27-77-53)35-6-9-45-41(22-35)43(24-56(3,4)30-76-55(71)47-36-20-38(21-36)66(61-47)54(48)70)49(65(45)16-19-75-40-10-17-73-18-11-40)42-23-39(25-58-46(42)34(2)72-5)63-14-12-62(13-15-63)37-7-8-37/h6,9,22-23,25,27,33-34,36-38,40,47-48,50-51,61,67-68H,7-8,10-21,24,26,28-32H2,1-5H3,(H,60,69)/t33-,34-,36?,38?,47-,48-,50-,51+/m0/s1. The number of hydrogen-bond donors (Lipinski definition) is 4. The molecule has 2 amide bonds. The van der Waals surface area contributed by atoms with Gasteiger partial charge in [-0.15, -0.1) is 11.3 Å². The van der Waals surface area contributed by atoms with Crippen LogP contribution in [0.15, 0.2) is 35.8 Å². The summed E-state index contributed by atoms with van der Waals surface area (Å²) in [5, 5.41) is 29.3. The molecule has 13 rings (SSSR count). The van der Waals surface area contributed by atoms with E-state index >= 15 is 4.79 Å². The second-order valence-electron chi connectivity index (χ2n) is 24.3. The normalized spacial score (nSPS) is 28.0. The molecule has 77 heavy (non-hydrogen) atoms. The van der Waals surface area contributed by atoms with E-state index in [4.69, 9.17) is 33.7 Å². The van der Waals surface area contributed by atoms with Crippen LogP contribution < -0.4 is 15.6 Å². The van der Waals surface area contributed by atoms with Crippen LogP contribution in [0.5, 0.6) is 0 Å². The molecule has 6 saturated heterocycles. The highest BCUT2D eigenvalue weighted by atomic mass is 32.1. The van der Waals surface area contributed by atoms with Crippen molar-refractivity contribution in [2.75, 3.05) is 97.5 Å². The Balaban J connectivity index is 1.01. The first kappa shape index (κ1) is 53.1. The number of ether oxygens (including phenoxy) is 5. The van der Waals surface area contributed by atoms with Crippen LogP contribution in [0.4, 0.5) is 5.69 Å². The number of anilines is 1. The number of hydrazine groups is 1. The molecule has 416 valence electrons. The first-order valence-corrected chi connectivity index (χ1v) is 29.1. The maximum absolute atomic E-state index is 15.4. The molecule has 0 radical (unpaired) electrons. The zero-order chi connectivity index (χ0) is 53.3. The summed E-state index contributed by atoms with van der Waals surface area (Å²) in [6.45, 7) is 16.3. The fourth-order valence-corrected chi connectivity index (χ4v) is 14.0. The number of cyclic esters (lactones) is 1. The van der Waals surface area contributed by atoms with E-state index in [1.807, 2.05) is 11.6 Å². The Morgan fingerprint density at radius 1 is 0.987 bits per heavy atom. The summed E-state index contributed by atoms with van der Waals surface area (Å²) in [7, 11) is 1.73. The number of aromatic nitrogens is 3. The Morgan fingerprint density at radius 2 is 1.75 bits per heavy atom. The number of likely N-dealkylation sites (tertiary alicyclic amines) is 1. The molecule has 20 heteroatoms. The molecule has 19 nitrogen and oxygen atoms in total. The van der Waals surface area contributed by atoms with Crippen LogP contribution >= 0.6 is 11.3 Å². The first-order chi connectivity index (χ1) is 37.2. The lowest BCUT2D eigenvalue weighted by atomic mass is 9.72. The quantitative estimate of drug-likeness (QED) is 0.129. The van der Waals surface area contributed by atoms with Gasteiger partial charge in [-0.05, 0) is 81.5 Å². The zero-order valence-electron chi connectivity index (χ0n) is 45.3. The first-order valence-electron chi connectivity index (χ1n) is 28.2. The van der Waals surface area contributed by atoms with Crippen molar-refractivity contribution in [2.45, 2.75) is 128 Å². The van der Waals surface area contributed by atoms with E-state index in [0.29, 0.717) is 83.0 Å². The molecule has 2 aliphatic carbocycles. The average Bonchev–Trinajstić information content (AvgIpc) is 4.31. The smallest absolute Gasteiger partial charge is 0.325 e. The number of aliphatic hydroxyl groups excluding tert-OH is 2. The predicted molar refractivity (Wildman–Crippen MR) is 289 cm³/mol. The highest BCUT2D eigenvalue weighted by molar-refractivity contribution is 7.10. The summed E-state index contributed by atoms with van der Waals surface area (Å²) >= 11 is 1.43. The molecule has 1 aromatic carbocycles. The number of aliphatic hydroxyl groups is 2. The van der Waals surface area contributed by atoms with Crippen LogP contribution in [-0.2, 0) is 51.0 Å². The molecule has 1 spiro atoms. The fraction of sp³-hybridized carbons (Fsp3) is 0.667. The lowest BCUT2D eigenvalue weighted by Crippen LogP contribution is -2.74. The Bertz CT molecular complexity index is 2820. The number of rotatable bonds is 14. The number of amides is 2. The number of esters is 1. The average molecular weight is 1080 g/mol. The summed E-state index contributed by atoms with van der Waals surface area (Å²) in [4.78, 5) is 61.9. The predicted octanol–water partition coefficient (Wildman–Crippen LogP) is 4.48. The van der Waals surface area contributed by atoms with Gasteiger partial charge in [-0.25, -0.2) is 10.4 Å². The van der Waals surface area contributed by atoms with E-state index < -0.39 is 60.0 Å². The maximum Gasteiger partial charge on any atom is 0.325 e. The number of carbonyl (C=O) groups excluding carboxylic acids is 3. The van der Waals surface area contributed by atoms with Gasteiger partial charge in [0.15, 0.2) is 0 Å². The van der Waals surface area contributed by atoms with Crippen molar-refractivity contribution in [3.05, 3.63) is 52.1 Å². The van der Waals surface area contributed by atoms with Crippen LogP contribution in [-0.4, -0.2) is 186 Å². The molecular weight excluding hydrogens is 1000 g/mol. The van der Waals surface area contributed by atoms with Gasteiger partial charge in [0.05, 0.1) is 73.6 Å². The van der Waals surface area contributed by atoms with E-state index in [0.717, 1.165) is 89.4 Å². The minimum absolute atomic E-state index is 0.0410. The second kappa shape index (κ2) is 21.5. The number of fused-ring (bicyclic) bond motifs is 4. The number of pyridine rings is 1. The molecule has 9 aliphatic rings. The van der Waals surface area contributed by atoms with Crippen molar-refractivity contribution in [2.24, 2.45) is 22.7 Å². The van der Waals surface area contributed by atoms with Crippen molar-refractivity contribution in [1.82, 2.24) is 40.1 Å². The lowest BCUT2D eigenvalue weighted by molar-refractivity contribution is -0.204. The van der Waals surface area contributed by atoms with Crippen molar-refractivity contribution in [3.8, 4) is 22.5 Å². The van der Waals surface area contributed by atoms with Crippen molar-refractivity contribution in [3.63, 3.8) is 0 Å². The highest BCUT2D eigenvalue weighted by Gasteiger charge is 2.57. The minimum Gasteiger partial charge on any atom is -0.464 e. The molecule has 4 N–H and O–H groups in total. The maximum atomic E-state index is 15.4. The largest absolute Gasteiger partial charge is 0.464 e. The highest BCUT2D eigenvalue weighted by Crippen LogP contribution is 2.48. The van der Waals surface area contributed by atoms with Gasteiger partial charge < -0.3 is 48.7 Å². The van der Waals surface area contributed by atoms with Crippen molar-refractivity contribution < 1.29 is 48.3 Å². The zero-order valence-corrected chi connectivity index (χ0v) is 46.1. The summed E-state index contributed by atoms with van der Waals surface area (Å²) in [6, 6.07) is 6.59. The fourth-order valence-electron chi connectivity index (χ4n) is 13.0. The number of piperazine rings is 1. The van der Waals surface area contributed by atoms with Crippen LogP contribution in [0.2, 0.25) is 0 Å². The van der Waals surface area contributed by atoms with E-state index in [1.165, 1.54) is 29.2 Å². The second-order valence-corrected chi connectivity index (χ2v) is 25.2. The third kappa shape index (κ3) is 10.3. The number of carbonyl (C=O) groups is 3. The SMILES string of the molecule is CO[C@@H](C)c1ncc(N2CCN(C3CC3)CC2)cc1-c1c2c3cc(ccc3n1CCOC1CCOCC1)-c1csc(n1)[C@@H](N1CC3(COC3)C1)[C@H](NC(=O)[C@H](O)[C@@H](C)CO)C(=O)N1N[C@H](C(=O)OCC(C)(C)C2)C2CC1C2. The third-order valence-corrected chi connectivity index (χ3v) is 18.9. The molecule has 8 bridgehead atoms. The molecule has 10 heterocycles. The lowest BCUT2D eigenvalue weighted by Gasteiger charge is -2.58. The van der Waals surface area contributed by atoms with Crippen LogP contribution in [0.25, 0.3) is 33.4 Å². The van der Waals surface area contributed by atoms with E-state index in [-0.39, 0.29) is 36.2 Å². The Hall–Kier alpha value is -4.61. The third-order valence-electron chi connectivity index (χ3n) is 18.0. The molecular formula is C57H77N9O10S. The molecule has 6 atom stereocenters. The monoisotopic (exact) mass is 1080 g/mol. The van der Waals surface area contributed by atoms with Crippen LogP contribution in [0.1, 0.15) is 94.6 Å². The van der Waals surface area contributed by atoms with E-state index in [2.05, 4.69) is 75.0 Å².